The molecule has 0 amide bonds. The Kier molecular flexibility index (Phi) is 3.95. The second-order valence-electron chi connectivity index (χ2n) is 5.31. The van der Waals surface area contributed by atoms with Gasteiger partial charge in [0, 0.05) is 17.3 Å². The molecule has 6 heteroatoms. The van der Waals surface area contributed by atoms with E-state index in [0.717, 1.165) is 6.07 Å². The Bertz CT molecular complexity index is 495. The third kappa shape index (κ3) is 3.42. The zero-order valence-corrected chi connectivity index (χ0v) is 11.3. The van der Waals surface area contributed by atoms with Crippen LogP contribution in [0, 0.1) is 12.7 Å². The largest absolute Gasteiger partial charge is 0.405 e. The minimum atomic E-state index is -4.33. The van der Waals surface area contributed by atoms with E-state index in [1.807, 2.05) is 0 Å². The smallest absolute Gasteiger partial charge is 0.389 e. The molecule has 1 saturated carbocycles. The first-order valence-corrected chi connectivity index (χ1v) is 6.50. The van der Waals surface area contributed by atoms with E-state index in [0.29, 0.717) is 12.8 Å². The van der Waals surface area contributed by atoms with Gasteiger partial charge in [-0.1, -0.05) is 0 Å². The number of rotatable bonds is 4. The SMILES string of the molecule is Cc1cc(N(CC(F)(F)F)C2CC2)c([C@H](C)O)cc1F. The fourth-order valence-electron chi connectivity index (χ4n) is 2.26. The van der Waals surface area contributed by atoms with Crippen LogP contribution in [0.2, 0.25) is 0 Å². The topological polar surface area (TPSA) is 23.5 Å². The fourth-order valence-corrected chi connectivity index (χ4v) is 2.26. The Balaban J connectivity index is 2.44. The summed E-state index contributed by atoms with van der Waals surface area (Å²) < 4.78 is 51.7. The molecular weight excluding hydrogens is 274 g/mol. The number of aryl methyl sites for hydroxylation is 1. The van der Waals surface area contributed by atoms with Crippen molar-refractivity contribution in [1.82, 2.24) is 0 Å². The van der Waals surface area contributed by atoms with Crippen molar-refractivity contribution >= 4 is 5.69 Å². The van der Waals surface area contributed by atoms with Crippen LogP contribution >= 0.6 is 0 Å². The molecule has 1 N–H and O–H groups in total. The molecule has 0 aliphatic heterocycles. The van der Waals surface area contributed by atoms with Gasteiger partial charge in [-0.05, 0) is 44.4 Å². The summed E-state index contributed by atoms with van der Waals surface area (Å²) in [5.74, 6) is -0.521. The molecule has 0 spiro atoms. The van der Waals surface area contributed by atoms with Crippen LogP contribution in [0.3, 0.4) is 0 Å². The molecule has 0 bridgehead atoms. The average molecular weight is 291 g/mol. The molecule has 1 aliphatic carbocycles. The van der Waals surface area contributed by atoms with Gasteiger partial charge in [0.1, 0.15) is 12.4 Å². The highest BCUT2D eigenvalue weighted by atomic mass is 19.4. The molecule has 1 aromatic rings. The molecule has 2 rings (SSSR count). The first-order valence-electron chi connectivity index (χ1n) is 6.50. The minimum absolute atomic E-state index is 0.181. The van der Waals surface area contributed by atoms with Crippen molar-refractivity contribution < 1.29 is 22.7 Å². The van der Waals surface area contributed by atoms with Gasteiger partial charge in [0.15, 0.2) is 0 Å². The van der Waals surface area contributed by atoms with Gasteiger partial charge in [-0.25, -0.2) is 4.39 Å². The second kappa shape index (κ2) is 5.24. The summed E-state index contributed by atoms with van der Waals surface area (Å²) in [7, 11) is 0. The maximum Gasteiger partial charge on any atom is 0.405 e. The monoisotopic (exact) mass is 291 g/mol. The Hall–Kier alpha value is -1.30. The number of anilines is 1. The molecule has 0 heterocycles. The van der Waals surface area contributed by atoms with E-state index >= 15 is 0 Å². The van der Waals surface area contributed by atoms with E-state index in [-0.39, 0.29) is 22.9 Å². The van der Waals surface area contributed by atoms with E-state index in [4.69, 9.17) is 0 Å². The van der Waals surface area contributed by atoms with Crippen molar-refractivity contribution in [2.24, 2.45) is 0 Å². The first-order chi connectivity index (χ1) is 9.19. The van der Waals surface area contributed by atoms with Gasteiger partial charge in [0.25, 0.3) is 0 Å². The van der Waals surface area contributed by atoms with Crippen LogP contribution in [0.25, 0.3) is 0 Å². The molecule has 1 fully saturated rings. The normalized spacial score (nSPS) is 17.1. The van der Waals surface area contributed by atoms with Crippen LogP contribution in [0.1, 0.15) is 37.0 Å². The zero-order valence-electron chi connectivity index (χ0n) is 11.3. The van der Waals surface area contributed by atoms with Crippen molar-refractivity contribution in [2.45, 2.75) is 45.0 Å². The quantitative estimate of drug-likeness (QED) is 0.855. The number of nitrogens with zero attached hydrogens (tertiary/aromatic N) is 1. The lowest BCUT2D eigenvalue weighted by molar-refractivity contribution is -0.120. The summed E-state index contributed by atoms with van der Waals surface area (Å²) in [6.07, 6.45) is -3.98. The third-order valence-electron chi connectivity index (χ3n) is 3.40. The van der Waals surface area contributed by atoms with Gasteiger partial charge in [0.2, 0.25) is 0 Å². The Morgan fingerprint density at radius 2 is 1.95 bits per heavy atom. The lowest BCUT2D eigenvalue weighted by atomic mass is 10.0. The predicted octanol–water partition coefficient (Wildman–Crippen LogP) is 3.72. The van der Waals surface area contributed by atoms with Crippen molar-refractivity contribution in [3.05, 3.63) is 29.1 Å². The van der Waals surface area contributed by atoms with Crippen LogP contribution in [0.4, 0.5) is 23.2 Å². The van der Waals surface area contributed by atoms with Gasteiger partial charge in [-0.15, -0.1) is 0 Å². The fraction of sp³-hybridized carbons (Fsp3) is 0.571. The highest BCUT2D eigenvalue weighted by Gasteiger charge is 2.39. The minimum Gasteiger partial charge on any atom is -0.389 e. The molecule has 1 atom stereocenters. The zero-order chi connectivity index (χ0) is 15.1. The highest BCUT2D eigenvalue weighted by molar-refractivity contribution is 5.58. The van der Waals surface area contributed by atoms with Gasteiger partial charge in [-0.3, -0.25) is 0 Å². The lowest BCUT2D eigenvalue weighted by Crippen LogP contribution is -2.36. The number of alkyl halides is 3. The predicted molar refractivity (Wildman–Crippen MR) is 68.2 cm³/mol. The van der Waals surface area contributed by atoms with Gasteiger partial charge in [-0.2, -0.15) is 13.2 Å². The Labute approximate surface area is 115 Å². The standard InChI is InChI=1S/C14H17F4NO/c1-8-5-13(11(9(2)20)6-12(8)15)19(10-3-4-10)7-14(16,17)18/h5-6,9-10,20H,3-4,7H2,1-2H3/t9-/m0/s1. The number of halogens is 4. The summed E-state index contributed by atoms with van der Waals surface area (Å²) in [5.41, 5.74) is 0.750. The maximum absolute atomic E-state index is 13.6. The van der Waals surface area contributed by atoms with E-state index in [2.05, 4.69) is 0 Å². The van der Waals surface area contributed by atoms with E-state index in [9.17, 15) is 22.7 Å². The third-order valence-corrected chi connectivity index (χ3v) is 3.40. The van der Waals surface area contributed by atoms with E-state index < -0.39 is 24.6 Å². The number of hydrogen-bond acceptors (Lipinski definition) is 2. The Morgan fingerprint density at radius 1 is 1.35 bits per heavy atom. The molecule has 2 nitrogen and oxygen atoms in total. The molecule has 0 unspecified atom stereocenters. The van der Waals surface area contributed by atoms with Gasteiger partial charge >= 0.3 is 6.18 Å². The van der Waals surface area contributed by atoms with Crippen LogP contribution in [-0.2, 0) is 0 Å². The van der Waals surface area contributed by atoms with E-state index in [1.165, 1.54) is 24.8 Å². The number of aliphatic hydroxyl groups is 1. The molecule has 1 aromatic carbocycles. The average Bonchev–Trinajstić information content (AvgIpc) is 3.11. The first kappa shape index (κ1) is 15.1. The molecule has 112 valence electrons. The van der Waals surface area contributed by atoms with Crippen LogP contribution in [-0.4, -0.2) is 23.9 Å². The lowest BCUT2D eigenvalue weighted by Gasteiger charge is -2.29. The van der Waals surface area contributed by atoms with Crippen LogP contribution in [0.15, 0.2) is 12.1 Å². The van der Waals surface area contributed by atoms with Gasteiger partial charge < -0.3 is 10.0 Å². The second-order valence-corrected chi connectivity index (χ2v) is 5.31. The van der Waals surface area contributed by atoms with Crippen LogP contribution < -0.4 is 4.90 Å². The van der Waals surface area contributed by atoms with Crippen molar-refractivity contribution in [2.75, 3.05) is 11.4 Å². The number of aliphatic hydroxyl groups excluding tert-OH is 1. The number of hydrogen-bond donors (Lipinski definition) is 1. The highest BCUT2D eigenvalue weighted by Crippen LogP contribution is 2.38. The maximum atomic E-state index is 13.6. The Morgan fingerprint density at radius 3 is 2.40 bits per heavy atom. The molecule has 20 heavy (non-hydrogen) atoms. The summed E-state index contributed by atoms with van der Waals surface area (Å²) in [5, 5.41) is 9.69. The van der Waals surface area contributed by atoms with Crippen LogP contribution in [0.5, 0.6) is 0 Å². The number of benzene rings is 1. The molecule has 0 saturated heterocycles. The summed E-state index contributed by atoms with van der Waals surface area (Å²) in [6, 6.07) is 2.33. The van der Waals surface area contributed by atoms with Gasteiger partial charge in [0.05, 0.1) is 6.10 Å². The summed E-state index contributed by atoms with van der Waals surface area (Å²) >= 11 is 0. The van der Waals surface area contributed by atoms with E-state index in [1.54, 1.807) is 0 Å². The molecule has 0 radical (unpaired) electrons. The van der Waals surface area contributed by atoms with Crippen molar-refractivity contribution in [3.63, 3.8) is 0 Å². The summed E-state index contributed by atoms with van der Waals surface area (Å²) in [4.78, 5) is 1.23. The summed E-state index contributed by atoms with van der Waals surface area (Å²) in [6.45, 7) is 1.85. The van der Waals surface area contributed by atoms with Crippen molar-refractivity contribution in [1.29, 1.82) is 0 Å². The molecular formula is C14H17F4NO. The molecule has 0 aromatic heterocycles. The molecule has 1 aliphatic rings. The van der Waals surface area contributed by atoms with Crippen molar-refractivity contribution in [3.8, 4) is 0 Å².